The summed E-state index contributed by atoms with van der Waals surface area (Å²) in [6.07, 6.45) is 5.47. The van der Waals surface area contributed by atoms with E-state index in [1.54, 1.807) is 7.11 Å². The van der Waals surface area contributed by atoms with E-state index in [0.29, 0.717) is 22.2 Å². The number of rotatable bonds is 5. The number of nitrogens with zero attached hydrogens (tertiary/aromatic N) is 2. The molecule has 0 bridgehead atoms. The van der Waals surface area contributed by atoms with Gasteiger partial charge in [-0.2, -0.15) is 0 Å². The molecule has 0 atom stereocenters. The summed E-state index contributed by atoms with van der Waals surface area (Å²) >= 11 is 6.63. The molecule has 1 aromatic carbocycles. The second kappa shape index (κ2) is 8.68. The summed E-state index contributed by atoms with van der Waals surface area (Å²) in [4.78, 5) is 29.0. The van der Waals surface area contributed by atoms with Crippen LogP contribution in [-0.4, -0.2) is 52.7 Å². The summed E-state index contributed by atoms with van der Waals surface area (Å²) in [5.41, 5.74) is 0.913. The molecule has 0 saturated carbocycles. The van der Waals surface area contributed by atoms with Gasteiger partial charge in [0, 0.05) is 26.1 Å². The van der Waals surface area contributed by atoms with E-state index in [4.69, 9.17) is 17.0 Å². The zero-order valence-corrected chi connectivity index (χ0v) is 16.4. The van der Waals surface area contributed by atoms with Crippen LogP contribution in [0.25, 0.3) is 6.08 Å². The Morgan fingerprint density at radius 1 is 1.23 bits per heavy atom. The van der Waals surface area contributed by atoms with Crippen LogP contribution in [0, 0.1) is 0 Å². The molecule has 3 rings (SSSR count). The smallest absolute Gasteiger partial charge is 0.266 e. The van der Waals surface area contributed by atoms with Crippen LogP contribution < -0.4 is 4.74 Å². The lowest BCUT2D eigenvalue weighted by molar-refractivity contribution is -0.132. The Morgan fingerprint density at radius 2 is 1.92 bits per heavy atom. The van der Waals surface area contributed by atoms with Gasteiger partial charge in [-0.05, 0) is 43.0 Å². The minimum absolute atomic E-state index is 0.109. The molecule has 0 unspecified atom stereocenters. The Hall–Kier alpha value is -1.86. The second-order valence-corrected chi connectivity index (χ2v) is 7.97. The number of hydrogen-bond donors (Lipinski definition) is 0. The molecule has 5 nitrogen and oxygen atoms in total. The summed E-state index contributed by atoms with van der Waals surface area (Å²) < 4.78 is 5.66. The van der Waals surface area contributed by atoms with Gasteiger partial charge in [-0.15, -0.1) is 0 Å². The maximum absolute atomic E-state index is 12.6. The Bertz CT molecular complexity index is 725. The molecule has 138 valence electrons. The van der Waals surface area contributed by atoms with Gasteiger partial charge in [0.1, 0.15) is 10.1 Å². The van der Waals surface area contributed by atoms with Gasteiger partial charge >= 0.3 is 0 Å². The molecule has 0 aromatic heterocycles. The van der Waals surface area contributed by atoms with Crippen LogP contribution in [0.5, 0.6) is 5.75 Å². The molecule has 2 aliphatic rings. The van der Waals surface area contributed by atoms with Crippen LogP contribution in [0.4, 0.5) is 0 Å². The first-order valence-electron chi connectivity index (χ1n) is 8.75. The number of thioether (sulfide) groups is 1. The predicted octanol–water partition coefficient (Wildman–Crippen LogP) is 3.30. The number of likely N-dealkylation sites (tertiary alicyclic amines) is 1. The highest BCUT2D eigenvalue weighted by Crippen LogP contribution is 2.33. The number of thiocarbonyl (C=S) groups is 1. The summed E-state index contributed by atoms with van der Waals surface area (Å²) in [7, 11) is 1.62. The van der Waals surface area contributed by atoms with Crippen molar-refractivity contribution in [2.45, 2.75) is 25.7 Å². The first-order valence-corrected chi connectivity index (χ1v) is 9.98. The average Bonchev–Trinajstić information content (AvgIpc) is 2.94. The van der Waals surface area contributed by atoms with E-state index in [9.17, 15) is 9.59 Å². The highest BCUT2D eigenvalue weighted by atomic mass is 32.2. The van der Waals surface area contributed by atoms with Crippen LogP contribution in [0.3, 0.4) is 0 Å². The summed E-state index contributed by atoms with van der Waals surface area (Å²) in [5, 5.41) is 0. The van der Waals surface area contributed by atoms with Crippen molar-refractivity contribution in [2.75, 3.05) is 26.7 Å². The third kappa shape index (κ3) is 4.45. The maximum atomic E-state index is 12.6. The van der Waals surface area contributed by atoms with Crippen molar-refractivity contribution in [1.29, 1.82) is 0 Å². The van der Waals surface area contributed by atoms with E-state index in [-0.39, 0.29) is 11.8 Å². The van der Waals surface area contributed by atoms with Gasteiger partial charge in [0.2, 0.25) is 5.91 Å². The summed E-state index contributed by atoms with van der Waals surface area (Å²) in [5.74, 6) is 0.756. The summed E-state index contributed by atoms with van der Waals surface area (Å²) in [6, 6.07) is 7.49. The molecule has 0 aliphatic carbocycles. The molecule has 2 heterocycles. The number of ether oxygens (including phenoxy) is 1. The van der Waals surface area contributed by atoms with E-state index in [1.165, 1.54) is 23.1 Å². The normalized spacial score (nSPS) is 19.3. The average molecular weight is 391 g/mol. The Morgan fingerprint density at radius 3 is 2.58 bits per heavy atom. The van der Waals surface area contributed by atoms with Crippen molar-refractivity contribution in [1.82, 2.24) is 9.80 Å². The van der Waals surface area contributed by atoms with E-state index >= 15 is 0 Å². The van der Waals surface area contributed by atoms with Crippen molar-refractivity contribution in [3.05, 3.63) is 34.7 Å². The Balaban J connectivity index is 1.60. The summed E-state index contributed by atoms with van der Waals surface area (Å²) in [6.45, 7) is 2.00. The van der Waals surface area contributed by atoms with Crippen LogP contribution in [0.15, 0.2) is 29.2 Å². The molecule has 0 radical (unpaired) electrons. The van der Waals surface area contributed by atoms with Crippen LogP contribution in [0.1, 0.15) is 31.2 Å². The van der Waals surface area contributed by atoms with Crippen molar-refractivity contribution >= 4 is 46.2 Å². The Labute approximate surface area is 163 Å². The number of carbonyl (C=O) groups excluding carboxylic acids is 2. The molecule has 0 spiro atoms. The molecular weight excluding hydrogens is 368 g/mol. The van der Waals surface area contributed by atoms with Crippen molar-refractivity contribution in [2.24, 2.45) is 0 Å². The van der Waals surface area contributed by atoms with Gasteiger partial charge in [-0.25, -0.2) is 0 Å². The molecule has 2 aliphatic heterocycles. The van der Waals surface area contributed by atoms with Gasteiger partial charge in [0.05, 0.1) is 12.0 Å². The predicted molar refractivity (Wildman–Crippen MR) is 108 cm³/mol. The third-order valence-corrected chi connectivity index (χ3v) is 5.92. The van der Waals surface area contributed by atoms with Gasteiger partial charge < -0.3 is 9.64 Å². The first kappa shape index (κ1) is 18.9. The standard InChI is InChI=1S/C19H22N2O3S2/c1-24-15-7-5-14(6-8-15)13-16-18(23)21(19(25)26-16)12-9-17(22)20-10-3-2-4-11-20/h5-8,13H,2-4,9-12H2,1H3/b16-13+. The van der Waals surface area contributed by atoms with Crippen LogP contribution >= 0.6 is 24.0 Å². The van der Waals surface area contributed by atoms with E-state index in [2.05, 4.69) is 0 Å². The molecule has 2 fully saturated rings. The van der Waals surface area contributed by atoms with Gasteiger partial charge in [-0.1, -0.05) is 36.1 Å². The SMILES string of the molecule is COc1ccc(/C=C2/SC(=S)N(CCC(=O)N3CCCCC3)C2=O)cc1. The fraction of sp³-hybridized carbons (Fsp3) is 0.421. The lowest BCUT2D eigenvalue weighted by atomic mass is 10.1. The molecule has 2 saturated heterocycles. The largest absolute Gasteiger partial charge is 0.497 e. The first-order chi connectivity index (χ1) is 12.6. The van der Waals surface area contributed by atoms with Crippen molar-refractivity contribution < 1.29 is 14.3 Å². The van der Waals surface area contributed by atoms with E-state index in [1.807, 2.05) is 35.2 Å². The molecule has 0 N–H and O–H groups in total. The highest BCUT2D eigenvalue weighted by Gasteiger charge is 2.32. The minimum Gasteiger partial charge on any atom is -0.497 e. The van der Waals surface area contributed by atoms with Crippen molar-refractivity contribution in [3.63, 3.8) is 0 Å². The van der Waals surface area contributed by atoms with Crippen LogP contribution in [-0.2, 0) is 9.59 Å². The minimum atomic E-state index is -0.123. The van der Waals surface area contributed by atoms with Gasteiger partial charge in [0.15, 0.2) is 0 Å². The third-order valence-electron chi connectivity index (χ3n) is 4.55. The molecule has 26 heavy (non-hydrogen) atoms. The maximum Gasteiger partial charge on any atom is 0.266 e. The zero-order valence-electron chi connectivity index (χ0n) is 14.8. The highest BCUT2D eigenvalue weighted by molar-refractivity contribution is 8.26. The lowest BCUT2D eigenvalue weighted by Crippen LogP contribution is -2.38. The number of piperidine rings is 1. The number of hydrogen-bond acceptors (Lipinski definition) is 5. The fourth-order valence-corrected chi connectivity index (χ4v) is 4.36. The molecule has 7 heteroatoms. The topological polar surface area (TPSA) is 49.9 Å². The van der Waals surface area contributed by atoms with Crippen molar-refractivity contribution in [3.8, 4) is 5.75 Å². The van der Waals surface area contributed by atoms with Gasteiger partial charge in [0.25, 0.3) is 5.91 Å². The number of methoxy groups -OCH3 is 1. The molecule has 1 aromatic rings. The van der Waals surface area contributed by atoms with E-state index < -0.39 is 0 Å². The van der Waals surface area contributed by atoms with Gasteiger partial charge in [-0.3, -0.25) is 14.5 Å². The Kier molecular flexibility index (Phi) is 6.32. The quantitative estimate of drug-likeness (QED) is 0.570. The monoisotopic (exact) mass is 390 g/mol. The zero-order chi connectivity index (χ0) is 18.5. The number of carbonyl (C=O) groups is 2. The number of amides is 2. The lowest BCUT2D eigenvalue weighted by Gasteiger charge is -2.27. The molecule has 2 amide bonds. The fourth-order valence-electron chi connectivity index (χ4n) is 3.05. The van der Waals surface area contributed by atoms with Crippen LogP contribution in [0.2, 0.25) is 0 Å². The number of benzene rings is 1. The molecular formula is C19H22N2O3S2. The second-order valence-electron chi connectivity index (χ2n) is 6.30. The van der Waals surface area contributed by atoms with E-state index in [0.717, 1.165) is 37.2 Å².